The Morgan fingerprint density at radius 3 is 2.18 bits per heavy atom. The van der Waals surface area contributed by atoms with Crippen molar-refractivity contribution in [1.29, 1.82) is 0 Å². The maximum absolute atomic E-state index is 12.2. The number of rotatable bonds is 10. The lowest BCUT2D eigenvalue weighted by atomic mass is 10.1. The molecule has 2 aromatic carbocycles. The van der Waals surface area contributed by atoms with Gasteiger partial charge in [-0.2, -0.15) is 8.78 Å². The van der Waals surface area contributed by atoms with Crippen LogP contribution in [0.4, 0.5) is 8.78 Å². The fourth-order valence-electron chi connectivity index (χ4n) is 2.54. The van der Waals surface area contributed by atoms with Crippen LogP contribution in [-0.2, 0) is 4.79 Å². The lowest BCUT2D eigenvalue weighted by Gasteiger charge is -2.15. The van der Waals surface area contributed by atoms with Crippen LogP contribution < -0.4 is 14.8 Å². The molecule has 0 saturated carbocycles. The molecule has 1 N–H and O–H groups in total. The van der Waals surface area contributed by atoms with Crippen LogP contribution in [0.25, 0.3) is 0 Å². The van der Waals surface area contributed by atoms with Crippen molar-refractivity contribution in [1.82, 2.24) is 5.32 Å². The first kappa shape index (κ1) is 21.3. The van der Waals surface area contributed by atoms with Gasteiger partial charge in [-0.15, -0.1) is 0 Å². The van der Waals surface area contributed by atoms with E-state index in [0.29, 0.717) is 30.8 Å². The monoisotopic (exact) mass is 391 g/mol. The van der Waals surface area contributed by atoms with Gasteiger partial charge in [-0.05, 0) is 62.2 Å². The molecule has 7 heteroatoms. The fraction of sp³-hybridized carbons (Fsp3) is 0.333. The van der Waals surface area contributed by atoms with Crippen molar-refractivity contribution in [3.63, 3.8) is 0 Å². The van der Waals surface area contributed by atoms with Gasteiger partial charge in [-0.3, -0.25) is 9.59 Å². The van der Waals surface area contributed by atoms with Gasteiger partial charge >= 0.3 is 6.61 Å². The summed E-state index contributed by atoms with van der Waals surface area (Å²) in [6.07, 6.45) is 0.830. The molecule has 0 aliphatic rings. The summed E-state index contributed by atoms with van der Waals surface area (Å²) in [5.41, 5.74) is 1.41. The number of alkyl halides is 2. The average molecular weight is 391 g/mol. The number of benzene rings is 2. The van der Waals surface area contributed by atoms with Crippen molar-refractivity contribution >= 4 is 11.7 Å². The predicted molar refractivity (Wildman–Crippen MR) is 101 cm³/mol. The lowest BCUT2D eigenvalue weighted by Crippen LogP contribution is -2.26. The number of ether oxygens (including phenoxy) is 2. The van der Waals surface area contributed by atoms with Crippen molar-refractivity contribution in [3.05, 3.63) is 59.7 Å². The van der Waals surface area contributed by atoms with Crippen LogP contribution in [0.2, 0.25) is 0 Å². The van der Waals surface area contributed by atoms with Crippen LogP contribution >= 0.6 is 0 Å². The van der Waals surface area contributed by atoms with E-state index in [2.05, 4.69) is 10.1 Å². The highest BCUT2D eigenvalue weighted by Gasteiger charge is 2.11. The standard InChI is InChI=1S/C21H23F2NO4/c1-14(16-5-11-19(12-6-16)28-21(22)23)24-20(26)4-3-13-27-18-9-7-17(8-10-18)15(2)25/h5-12,14,21H,3-4,13H2,1-2H3,(H,24,26). The first-order chi connectivity index (χ1) is 13.3. The molecule has 2 aromatic rings. The minimum atomic E-state index is -2.86. The molecule has 0 aliphatic heterocycles. The van der Waals surface area contributed by atoms with Crippen molar-refractivity contribution in [2.24, 2.45) is 0 Å². The molecule has 0 aliphatic carbocycles. The molecule has 0 aromatic heterocycles. The number of hydrogen-bond acceptors (Lipinski definition) is 4. The van der Waals surface area contributed by atoms with Gasteiger partial charge in [0, 0.05) is 12.0 Å². The van der Waals surface area contributed by atoms with Crippen LogP contribution in [0.15, 0.2) is 48.5 Å². The second-order valence-corrected chi connectivity index (χ2v) is 6.27. The Hall–Kier alpha value is -2.96. The van der Waals surface area contributed by atoms with Gasteiger partial charge in [0.25, 0.3) is 0 Å². The summed E-state index contributed by atoms with van der Waals surface area (Å²) in [5, 5.41) is 2.85. The molecule has 0 spiro atoms. The van der Waals surface area contributed by atoms with Gasteiger partial charge in [0.15, 0.2) is 5.78 Å². The number of carbonyl (C=O) groups excluding carboxylic acids is 2. The molecule has 0 radical (unpaired) electrons. The molecule has 28 heavy (non-hydrogen) atoms. The van der Waals surface area contributed by atoms with E-state index in [1.807, 2.05) is 6.92 Å². The van der Waals surface area contributed by atoms with Crippen molar-refractivity contribution in [3.8, 4) is 11.5 Å². The molecule has 0 bridgehead atoms. The minimum Gasteiger partial charge on any atom is -0.494 e. The van der Waals surface area contributed by atoms with E-state index >= 15 is 0 Å². The smallest absolute Gasteiger partial charge is 0.387 e. The number of ketones is 1. The summed E-state index contributed by atoms with van der Waals surface area (Å²) in [7, 11) is 0. The van der Waals surface area contributed by atoms with Gasteiger partial charge in [-0.25, -0.2) is 0 Å². The van der Waals surface area contributed by atoms with E-state index in [-0.39, 0.29) is 23.5 Å². The largest absolute Gasteiger partial charge is 0.494 e. The zero-order chi connectivity index (χ0) is 20.5. The van der Waals surface area contributed by atoms with Crippen LogP contribution in [0.5, 0.6) is 11.5 Å². The lowest BCUT2D eigenvalue weighted by molar-refractivity contribution is -0.121. The van der Waals surface area contributed by atoms with Gasteiger partial charge in [0.05, 0.1) is 12.6 Å². The summed E-state index contributed by atoms with van der Waals surface area (Å²) >= 11 is 0. The Morgan fingerprint density at radius 1 is 1.00 bits per heavy atom. The topological polar surface area (TPSA) is 64.6 Å². The third-order valence-electron chi connectivity index (χ3n) is 4.06. The number of carbonyl (C=O) groups is 2. The second kappa shape index (κ2) is 10.4. The third-order valence-corrected chi connectivity index (χ3v) is 4.06. The molecule has 5 nitrogen and oxygen atoms in total. The normalized spacial score (nSPS) is 11.8. The maximum atomic E-state index is 12.2. The van der Waals surface area contributed by atoms with E-state index in [0.717, 1.165) is 5.56 Å². The van der Waals surface area contributed by atoms with E-state index in [1.165, 1.54) is 19.1 Å². The zero-order valence-corrected chi connectivity index (χ0v) is 15.8. The molecular weight excluding hydrogens is 368 g/mol. The molecule has 1 atom stereocenters. The number of Topliss-reactive ketones (excluding diaryl/α,β-unsaturated/α-hetero) is 1. The molecule has 2 rings (SSSR count). The summed E-state index contributed by atoms with van der Waals surface area (Å²) in [5.74, 6) is 0.583. The van der Waals surface area contributed by atoms with Gasteiger partial charge in [0.2, 0.25) is 5.91 Å². The molecule has 0 saturated heterocycles. The van der Waals surface area contributed by atoms with Crippen LogP contribution in [-0.4, -0.2) is 24.9 Å². The Labute approximate surface area is 162 Å². The predicted octanol–water partition coefficient (Wildman–Crippen LogP) is 4.53. The van der Waals surface area contributed by atoms with Gasteiger partial charge < -0.3 is 14.8 Å². The Balaban J connectivity index is 1.70. The number of hydrogen-bond donors (Lipinski definition) is 1. The highest BCUT2D eigenvalue weighted by atomic mass is 19.3. The van der Waals surface area contributed by atoms with E-state index in [4.69, 9.17) is 4.74 Å². The van der Waals surface area contributed by atoms with Crippen LogP contribution in [0, 0.1) is 0 Å². The Bertz CT molecular complexity index is 776. The maximum Gasteiger partial charge on any atom is 0.387 e. The highest BCUT2D eigenvalue weighted by molar-refractivity contribution is 5.94. The minimum absolute atomic E-state index is 0.00599. The van der Waals surface area contributed by atoms with E-state index < -0.39 is 6.61 Å². The Kier molecular flexibility index (Phi) is 7.92. The molecular formula is C21H23F2NO4. The third kappa shape index (κ3) is 6.98. The summed E-state index contributed by atoms with van der Waals surface area (Å²) < 4.78 is 34.2. The van der Waals surface area contributed by atoms with Crippen LogP contribution in [0.1, 0.15) is 48.7 Å². The molecule has 150 valence electrons. The van der Waals surface area contributed by atoms with Crippen molar-refractivity contribution in [2.45, 2.75) is 39.3 Å². The van der Waals surface area contributed by atoms with Gasteiger partial charge in [-0.1, -0.05) is 12.1 Å². The molecule has 0 fully saturated rings. The molecule has 0 heterocycles. The van der Waals surface area contributed by atoms with Gasteiger partial charge in [0.1, 0.15) is 11.5 Å². The molecule has 1 amide bonds. The van der Waals surface area contributed by atoms with E-state index in [1.54, 1.807) is 36.4 Å². The van der Waals surface area contributed by atoms with Crippen molar-refractivity contribution in [2.75, 3.05) is 6.61 Å². The quantitative estimate of drug-likeness (QED) is 0.478. The average Bonchev–Trinajstić information content (AvgIpc) is 2.65. The fourth-order valence-corrected chi connectivity index (χ4v) is 2.54. The molecule has 1 unspecified atom stereocenters. The Morgan fingerprint density at radius 2 is 1.61 bits per heavy atom. The zero-order valence-electron chi connectivity index (χ0n) is 15.8. The summed E-state index contributed by atoms with van der Waals surface area (Å²) in [6.45, 7) is 0.827. The first-order valence-corrected chi connectivity index (χ1v) is 8.93. The summed E-state index contributed by atoms with van der Waals surface area (Å²) in [4.78, 5) is 23.3. The van der Waals surface area contributed by atoms with Crippen LogP contribution in [0.3, 0.4) is 0 Å². The number of amides is 1. The number of halogens is 2. The number of nitrogens with one attached hydrogen (secondary N) is 1. The highest BCUT2D eigenvalue weighted by Crippen LogP contribution is 2.19. The van der Waals surface area contributed by atoms with E-state index in [9.17, 15) is 18.4 Å². The van der Waals surface area contributed by atoms with Crippen molar-refractivity contribution < 1.29 is 27.8 Å². The second-order valence-electron chi connectivity index (χ2n) is 6.27. The SMILES string of the molecule is CC(=O)c1ccc(OCCCC(=O)NC(C)c2ccc(OC(F)F)cc2)cc1. The summed E-state index contributed by atoms with van der Waals surface area (Å²) in [6, 6.07) is 12.7. The first-order valence-electron chi connectivity index (χ1n) is 8.93.